The van der Waals surface area contributed by atoms with Crippen LogP contribution in [0.25, 0.3) is 0 Å². The first-order valence-corrected chi connectivity index (χ1v) is 7.59. The first-order chi connectivity index (χ1) is 8.62. The van der Waals surface area contributed by atoms with Gasteiger partial charge in [0.1, 0.15) is 10.5 Å². The number of sulfonamides is 1. The molecule has 0 aliphatic rings. The minimum absolute atomic E-state index is 0.114. The van der Waals surface area contributed by atoms with Gasteiger partial charge in [-0.25, -0.2) is 13.1 Å². The highest BCUT2D eigenvalue weighted by molar-refractivity contribution is 7.91. The smallest absolute Gasteiger partial charge is 0.250 e. The van der Waals surface area contributed by atoms with E-state index in [1.165, 1.54) is 17.6 Å². The molecule has 18 heavy (non-hydrogen) atoms. The number of nitrogens with two attached hydrogens (primary N) is 1. The number of nitrogens with one attached hydrogen (secondary N) is 1. The summed E-state index contributed by atoms with van der Waals surface area (Å²) in [5.41, 5.74) is 5.96. The van der Waals surface area contributed by atoms with Crippen LogP contribution in [0.15, 0.2) is 33.2 Å². The number of rotatable bonds is 6. The molecule has 0 bridgehead atoms. The molecule has 2 heterocycles. The lowest BCUT2D eigenvalue weighted by Crippen LogP contribution is -2.22. The Balaban J connectivity index is 2.05. The summed E-state index contributed by atoms with van der Waals surface area (Å²) in [5.74, 6) is 0. The van der Waals surface area contributed by atoms with Crippen molar-refractivity contribution in [2.24, 2.45) is 5.73 Å². The predicted octanol–water partition coefficient (Wildman–Crippen LogP) is 0.716. The average molecular weight is 287 g/mol. The molecule has 6 nitrogen and oxygen atoms in total. The Morgan fingerprint density at radius 2 is 2.22 bits per heavy atom. The molecule has 3 N–H and O–H groups in total. The SMILES string of the molecule is NCCc1ccc(S(=O)(=O)NCc2ccon2)s1. The van der Waals surface area contributed by atoms with E-state index in [0.29, 0.717) is 18.7 Å². The van der Waals surface area contributed by atoms with Crippen LogP contribution < -0.4 is 10.5 Å². The second kappa shape index (κ2) is 5.61. The van der Waals surface area contributed by atoms with Gasteiger partial charge in [-0.3, -0.25) is 0 Å². The monoisotopic (exact) mass is 287 g/mol. The molecule has 0 spiro atoms. The van der Waals surface area contributed by atoms with E-state index in [1.54, 1.807) is 18.2 Å². The summed E-state index contributed by atoms with van der Waals surface area (Å²) in [4.78, 5) is 0.958. The number of aromatic nitrogens is 1. The zero-order valence-electron chi connectivity index (χ0n) is 9.50. The van der Waals surface area contributed by atoms with E-state index in [4.69, 9.17) is 5.73 Å². The Hall–Kier alpha value is -1.22. The second-order valence-corrected chi connectivity index (χ2v) is 6.74. The Kier molecular flexibility index (Phi) is 4.12. The summed E-state index contributed by atoms with van der Waals surface area (Å²) < 4.78 is 31.3. The molecule has 8 heteroatoms. The zero-order valence-corrected chi connectivity index (χ0v) is 11.1. The van der Waals surface area contributed by atoms with E-state index >= 15 is 0 Å². The number of hydrogen-bond acceptors (Lipinski definition) is 6. The number of thiophene rings is 1. The van der Waals surface area contributed by atoms with Gasteiger partial charge in [0.25, 0.3) is 0 Å². The van der Waals surface area contributed by atoms with Crippen LogP contribution in [0.3, 0.4) is 0 Å². The molecule has 2 aromatic rings. The Morgan fingerprint density at radius 3 is 2.89 bits per heavy atom. The third-order valence-electron chi connectivity index (χ3n) is 2.23. The van der Waals surface area contributed by atoms with E-state index in [0.717, 1.165) is 4.88 Å². The van der Waals surface area contributed by atoms with Crippen molar-refractivity contribution in [3.8, 4) is 0 Å². The number of hydrogen-bond donors (Lipinski definition) is 2. The molecule has 0 aliphatic carbocycles. The van der Waals surface area contributed by atoms with Crippen molar-refractivity contribution in [2.45, 2.75) is 17.2 Å². The fourth-order valence-electron chi connectivity index (χ4n) is 1.35. The van der Waals surface area contributed by atoms with Crippen molar-refractivity contribution in [1.29, 1.82) is 0 Å². The molecule has 0 amide bonds. The molecular weight excluding hydrogens is 274 g/mol. The maximum atomic E-state index is 12.0. The van der Waals surface area contributed by atoms with Crippen LogP contribution >= 0.6 is 11.3 Å². The molecule has 0 atom stereocenters. The summed E-state index contributed by atoms with van der Waals surface area (Å²) in [6.07, 6.45) is 2.08. The molecule has 0 unspecified atom stereocenters. The van der Waals surface area contributed by atoms with E-state index < -0.39 is 10.0 Å². The summed E-state index contributed by atoms with van der Waals surface area (Å²) in [6.45, 7) is 0.620. The molecule has 0 aliphatic heterocycles. The maximum Gasteiger partial charge on any atom is 0.250 e. The van der Waals surface area contributed by atoms with Crippen molar-refractivity contribution in [2.75, 3.05) is 6.54 Å². The Labute approximate surface area is 109 Å². The fourth-order valence-corrected chi connectivity index (χ4v) is 3.76. The molecule has 0 saturated heterocycles. The van der Waals surface area contributed by atoms with Gasteiger partial charge < -0.3 is 10.3 Å². The molecule has 0 aromatic carbocycles. The lowest BCUT2D eigenvalue weighted by atomic mass is 10.3. The first kappa shape index (κ1) is 13.2. The second-order valence-electron chi connectivity index (χ2n) is 3.57. The average Bonchev–Trinajstić information content (AvgIpc) is 2.98. The molecule has 0 fully saturated rings. The third kappa shape index (κ3) is 3.16. The minimum atomic E-state index is -3.49. The maximum absolute atomic E-state index is 12.0. The normalized spacial score (nSPS) is 11.8. The standard InChI is InChI=1S/C10H13N3O3S2/c11-5-3-9-1-2-10(17-9)18(14,15)12-7-8-4-6-16-13-8/h1-2,4,6,12H,3,5,7,11H2. The Bertz CT molecular complexity index is 590. The highest BCUT2D eigenvalue weighted by Gasteiger charge is 2.16. The third-order valence-corrected chi connectivity index (χ3v) is 5.27. The first-order valence-electron chi connectivity index (χ1n) is 5.29. The van der Waals surface area contributed by atoms with Gasteiger partial charge in [-0.2, -0.15) is 0 Å². The van der Waals surface area contributed by atoms with Crippen LogP contribution in [-0.4, -0.2) is 20.1 Å². The lowest BCUT2D eigenvalue weighted by molar-refractivity contribution is 0.411. The molecule has 2 rings (SSSR count). The highest BCUT2D eigenvalue weighted by Crippen LogP contribution is 2.21. The van der Waals surface area contributed by atoms with Gasteiger partial charge >= 0.3 is 0 Å². The van der Waals surface area contributed by atoms with E-state index in [9.17, 15) is 8.42 Å². The summed E-state index contributed by atoms with van der Waals surface area (Å²) in [7, 11) is -3.49. The fraction of sp³-hybridized carbons (Fsp3) is 0.300. The van der Waals surface area contributed by atoms with E-state index in [2.05, 4.69) is 14.4 Å². The minimum Gasteiger partial charge on any atom is -0.364 e. The lowest BCUT2D eigenvalue weighted by Gasteiger charge is -2.01. The van der Waals surface area contributed by atoms with Crippen LogP contribution in [0.4, 0.5) is 0 Å². The van der Waals surface area contributed by atoms with Gasteiger partial charge in [0.15, 0.2) is 0 Å². The van der Waals surface area contributed by atoms with Crippen LogP contribution in [0, 0.1) is 0 Å². The van der Waals surface area contributed by atoms with Crippen molar-refractivity contribution in [3.05, 3.63) is 35.0 Å². The Morgan fingerprint density at radius 1 is 1.39 bits per heavy atom. The summed E-state index contributed by atoms with van der Waals surface area (Å²) >= 11 is 1.23. The van der Waals surface area contributed by atoms with Crippen LogP contribution in [0.5, 0.6) is 0 Å². The van der Waals surface area contributed by atoms with Crippen LogP contribution in [0.1, 0.15) is 10.6 Å². The molecule has 98 valence electrons. The van der Waals surface area contributed by atoms with Crippen LogP contribution in [-0.2, 0) is 23.0 Å². The summed E-state index contributed by atoms with van der Waals surface area (Å²) in [6, 6.07) is 4.97. The van der Waals surface area contributed by atoms with Crippen LogP contribution in [0.2, 0.25) is 0 Å². The molecule has 0 saturated carbocycles. The molecule has 0 radical (unpaired) electrons. The van der Waals surface area contributed by atoms with Gasteiger partial charge in [0.2, 0.25) is 10.0 Å². The van der Waals surface area contributed by atoms with Gasteiger partial charge in [-0.05, 0) is 25.1 Å². The topological polar surface area (TPSA) is 98.2 Å². The summed E-state index contributed by atoms with van der Waals surface area (Å²) in [5, 5.41) is 3.63. The molecular formula is C10H13N3O3S2. The zero-order chi connectivity index (χ0) is 13.0. The van der Waals surface area contributed by atoms with Crippen molar-refractivity contribution in [3.63, 3.8) is 0 Å². The predicted molar refractivity (Wildman–Crippen MR) is 67.6 cm³/mol. The highest BCUT2D eigenvalue weighted by atomic mass is 32.2. The van der Waals surface area contributed by atoms with Gasteiger partial charge in [-0.1, -0.05) is 5.16 Å². The molecule has 2 aromatic heterocycles. The van der Waals surface area contributed by atoms with Gasteiger partial charge in [0, 0.05) is 10.9 Å². The van der Waals surface area contributed by atoms with Gasteiger partial charge in [0.05, 0.1) is 12.2 Å². The van der Waals surface area contributed by atoms with Gasteiger partial charge in [-0.15, -0.1) is 11.3 Å². The number of nitrogens with zero attached hydrogens (tertiary/aromatic N) is 1. The van der Waals surface area contributed by atoms with Crippen molar-refractivity contribution in [1.82, 2.24) is 9.88 Å². The van der Waals surface area contributed by atoms with Crippen molar-refractivity contribution >= 4 is 21.4 Å². The quantitative estimate of drug-likeness (QED) is 0.815. The van der Waals surface area contributed by atoms with Crippen molar-refractivity contribution < 1.29 is 12.9 Å². The van der Waals surface area contributed by atoms with E-state index in [-0.39, 0.29) is 10.8 Å². The largest absolute Gasteiger partial charge is 0.364 e. The van der Waals surface area contributed by atoms with E-state index in [1.807, 2.05) is 0 Å².